The molecule has 4 aromatic rings. The van der Waals surface area contributed by atoms with E-state index in [4.69, 9.17) is 23.7 Å². The molecule has 236 valence electrons. The average molecular weight is 696 g/mol. The van der Waals surface area contributed by atoms with Crippen molar-refractivity contribution in [3.63, 3.8) is 0 Å². The molecule has 5 atom stereocenters. The largest absolute Gasteiger partial charge is 0.467 e. The van der Waals surface area contributed by atoms with Crippen LogP contribution < -0.4 is 0 Å². The Labute approximate surface area is 272 Å². The summed E-state index contributed by atoms with van der Waals surface area (Å²) in [5.74, 6) is -1.16. The number of methoxy groups -OCH3 is 1. The first-order valence-electron chi connectivity index (χ1n) is 14.5. The van der Waals surface area contributed by atoms with Crippen LogP contribution in [0.5, 0.6) is 0 Å². The third-order valence-corrected chi connectivity index (χ3v) is 9.77. The molecule has 1 heterocycles. The molecule has 45 heavy (non-hydrogen) atoms. The molecule has 0 aromatic heterocycles. The molecular formula is C35H35BrO8S. The van der Waals surface area contributed by atoms with E-state index < -0.39 is 52.1 Å². The van der Waals surface area contributed by atoms with Crippen molar-refractivity contribution in [2.24, 2.45) is 0 Å². The number of benzene rings is 4. The summed E-state index contributed by atoms with van der Waals surface area (Å²) < 4.78 is 59.0. The van der Waals surface area contributed by atoms with Crippen molar-refractivity contribution in [3.05, 3.63) is 136 Å². The zero-order valence-corrected chi connectivity index (χ0v) is 27.1. The lowest BCUT2D eigenvalue weighted by atomic mass is 9.94. The van der Waals surface area contributed by atoms with Gasteiger partial charge < -0.3 is 23.7 Å². The summed E-state index contributed by atoms with van der Waals surface area (Å²) in [6.45, 7) is 0.478. The van der Waals surface area contributed by atoms with Crippen LogP contribution in [0.15, 0.2) is 125 Å². The monoisotopic (exact) mass is 694 g/mol. The quantitative estimate of drug-likeness (QED) is 0.159. The van der Waals surface area contributed by atoms with Gasteiger partial charge in [-0.1, -0.05) is 107 Å². The molecule has 0 bridgehead atoms. The number of hydrogen-bond donors (Lipinski definition) is 0. The molecular weight excluding hydrogens is 660 g/mol. The molecule has 2 unspecified atom stereocenters. The molecule has 1 saturated heterocycles. The van der Waals surface area contributed by atoms with Gasteiger partial charge in [-0.25, -0.2) is 13.2 Å². The topological polar surface area (TPSA) is 97.4 Å². The van der Waals surface area contributed by atoms with Gasteiger partial charge >= 0.3 is 5.97 Å². The van der Waals surface area contributed by atoms with E-state index in [2.05, 4.69) is 15.9 Å². The van der Waals surface area contributed by atoms with Crippen molar-refractivity contribution in [1.29, 1.82) is 0 Å². The van der Waals surface area contributed by atoms with Crippen LogP contribution in [-0.4, -0.2) is 57.8 Å². The molecule has 0 aliphatic carbocycles. The summed E-state index contributed by atoms with van der Waals surface area (Å²) in [5.41, 5.74) is 2.65. The van der Waals surface area contributed by atoms with Gasteiger partial charge in [-0.3, -0.25) is 0 Å². The normalized spacial score (nSPS) is 21.7. The molecule has 8 nitrogen and oxygen atoms in total. The third-order valence-electron chi connectivity index (χ3n) is 7.48. The molecule has 0 amide bonds. The summed E-state index contributed by atoms with van der Waals surface area (Å²) in [6, 6.07) is 35.0. The molecule has 0 radical (unpaired) electrons. The Morgan fingerprint density at radius 3 is 1.58 bits per heavy atom. The Morgan fingerprint density at radius 1 is 0.667 bits per heavy atom. The standard InChI is InChI=1S/C35H35BrO8S/c1-40-35(37)34-33(43-23-27-15-9-4-10-16-27)32(42-22-26-13-7-3-8-14-26)31(41-21-25-11-5-2-6-12-25)30(44-34)24-45(38,39)29-19-17-28(36)18-20-29/h2-20,30-34H,21-24H2,1H3/t30?,31-,32+,33+,34?/m0/s1. The fraction of sp³-hybridized carbons (Fsp3) is 0.286. The highest BCUT2D eigenvalue weighted by molar-refractivity contribution is 9.10. The Bertz CT molecular complexity index is 1600. The number of carbonyl (C=O) groups excluding carboxylic acids is 1. The fourth-order valence-corrected chi connectivity index (χ4v) is 6.89. The van der Waals surface area contributed by atoms with Gasteiger partial charge in [0.2, 0.25) is 0 Å². The van der Waals surface area contributed by atoms with Gasteiger partial charge in [0.05, 0.1) is 37.6 Å². The number of carbonyl (C=O) groups is 1. The third kappa shape index (κ3) is 8.88. The van der Waals surface area contributed by atoms with Crippen LogP contribution in [0.3, 0.4) is 0 Å². The summed E-state index contributed by atoms with van der Waals surface area (Å²) in [7, 11) is -2.63. The summed E-state index contributed by atoms with van der Waals surface area (Å²) in [5, 5.41) is 0. The summed E-state index contributed by atoms with van der Waals surface area (Å²) >= 11 is 3.36. The van der Waals surface area contributed by atoms with Gasteiger partial charge in [-0.15, -0.1) is 0 Å². The highest BCUT2D eigenvalue weighted by atomic mass is 79.9. The van der Waals surface area contributed by atoms with E-state index >= 15 is 0 Å². The summed E-state index contributed by atoms with van der Waals surface area (Å²) in [4.78, 5) is 13.4. The van der Waals surface area contributed by atoms with Crippen LogP contribution in [0.1, 0.15) is 16.7 Å². The molecule has 1 aliphatic heterocycles. The minimum atomic E-state index is -3.89. The number of hydrogen-bond acceptors (Lipinski definition) is 8. The zero-order chi connectivity index (χ0) is 31.6. The van der Waals surface area contributed by atoms with Crippen LogP contribution in [0.4, 0.5) is 0 Å². The number of rotatable bonds is 13. The van der Waals surface area contributed by atoms with Gasteiger partial charge in [-0.2, -0.15) is 0 Å². The lowest BCUT2D eigenvalue weighted by molar-refractivity contribution is -0.261. The van der Waals surface area contributed by atoms with E-state index in [1.54, 1.807) is 12.1 Å². The van der Waals surface area contributed by atoms with Crippen molar-refractivity contribution < 1.29 is 36.9 Å². The first kappa shape index (κ1) is 33.0. The van der Waals surface area contributed by atoms with Crippen LogP contribution >= 0.6 is 15.9 Å². The first-order valence-corrected chi connectivity index (χ1v) is 17.0. The number of esters is 1. The van der Waals surface area contributed by atoms with Crippen molar-refractivity contribution in [1.82, 2.24) is 0 Å². The Kier molecular flexibility index (Phi) is 11.6. The maximum Gasteiger partial charge on any atom is 0.337 e. The van der Waals surface area contributed by atoms with E-state index in [1.165, 1.54) is 19.2 Å². The van der Waals surface area contributed by atoms with E-state index in [1.807, 2.05) is 91.0 Å². The molecule has 1 fully saturated rings. The van der Waals surface area contributed by atoms with E-state index in [0.717, 1.165) is 21.2 Å². The molecule has 0 spiro atoms. The van der Waals surface area contributed by atoms with Gasteiger partial charge in [0.15, 0.2) is 15.9 Å². The first-order chi connectivity index (χ1) is 21.8. The van der Waals surface area contributed by atoms with Gasteiger partial charge in [0, 0.05) is 4.47 Å². The lowest BCUT2D eigenvalue weighted by Crippen LogP contribution is -2.63. The summed E-state index contributed by atoms with van der Waals surface area (Å²) in [6.07, 6.45) is -5.18. The molecule has 0 saturated carbocycles. The van der Waals surface area contributed by atoms with Crippen LogP contribution in [0.25, 0.3) is 0 Å². The molecule has 10 heteroatoms. The minimum Gasteiger partial charge on any atom is -0.467 e. The predicted octanol–water partition coefficient (Wildman–Crippen LogP) is 5.92. The second-order valence-corrected chi connectivity index (χ2v) is 13.6. The van der Waals surface area contributed by atoms with Crippen LogP contribution in [-0.2, 0) is 58.1 Å². The Balaban J connectivity index is 1.52. The van der Waals surface area contributed by atoms with Crippen LogP contribution in [0, 0.1) is 0 Å². The SMILES string of the molecule is COC(=O)C1OC(CS(=O)(=O)c2ccc(Br)cc2)[C@H](OCc2ccccc2)[C@@H](OCc2ccccc2)[C@H]1OCc1ccccc1. The molecule has 0 N–H and O–H groups in total. The van der Waals surface area contributed by atoms with E-state index in [-0.39, 0.29) is 24.7 Å². The Hall–Kier alpha value is -3.38. The van der Waals surface area contributed by atoms with E-state index in [0.29, 0.717) is 0 Å². The lowest BCUT2D eigenvalue weighted by Gasteiger charge is -2.45. The fourth-order valence-electron chi connectivity index (χ4n) is 5.18. The van der Waals surface area contributed by atoms with Crippen LogP contribution in [0.2, 0.25) is 0 Å². The zero-order valence-electron chi connectivity index (χ0n) is 24.7. The predicted molar refractivity (Wildman–Crippen MR) is 172 cm³/mol. The van der Waals surface area contributed by atoms with Gasteiger partial charge in [-0.05, 0) is 41.0 Å². The van der Waals surface area contributed by atoms with Gasteiger partial charge in [0.1, 0.15) is 24.4 Å². The number of halogens is 1. The molecule has 1 aliphatic rings. The van der Waals surface area contributed by atoms with Crippen molar-refractivity contribution >= 4 is 31.7 Å². The number of ether oxygens (including phenoxy) is 5. The minimum absolute atomic E-state index is 0.120. The van der Waals surface area contributed by atoms with Crippen molar-refractivity contribution in [3.8, 4) is 0 Å². The van der Waals surface area contributed by atoms with E-state index in [9.17, 15) is 13.2 Å². The average Bonchev–Trinajstić information content (AvgIpc) is 3.07. The van der Waals surface area contributed by atoms with Crippen molar-refractivity contribution in [2.45, 2.75) is 55.2 Å². The molecule has 5 rings (SSSR count). The maximum absolute atomic E-state index is 13.7. The second kappa shape index (κ2) is 15.8. The maximum atomic E-state index is 13.7. The molecule has 4 aromatic carbocycles. The van der Waals surface area contributed by atoms with Crippen molar-refractivity contribution in [2.75, 3.05) is 12.9 Å². The second-order valence-electron chi connectivity index (χ2n) is 10.6. The highest BCUT2D eigenvalue weighted by Gasteiger charge is 2.52. The smallest absolute Gasteiger partial charge is 0.337 e. The van der Waals surface area contributed by atoms with Gasteiger partial charge in [0.25, 0.3) is 0 Å². The Morgan fingerprint density at radius 2 is 1.11 bits per heavy atom. The highest BCUT2D eigenvalue weighted by Crippen LogP contribution is 2.33. The number of sulfone groups is 1.